The maximum atomic E-state index is 14.2. The fourth-order valence-corrected chi connectivity index (χ4v) is 3.86. The van der Waals surface area contributed by atoms with Gasteiger partial charge in [-0.05, 0) is 51.5 Å². The van der Waals surface area contributed by atoms with E-state index in [9.17, 15) is 18.4 Å². The molecule has 0 saturated carbocycles. The summed E-state index contributed by atoms with van der Waals surface area (Å²) in [4.78, 5) is 32.8. The number of rotatable bonds is 7. The minimum Gasteiger partial charge on any atom is -0.466 e. The molecule has 2 heterocycles. The molecule has 0 bridgehead atoms. The monoisotopic (exact) mass is 480 g/mol. The molecule has 2 aromatic carbocycles. The summed E-state index contributed by atoms with van der Waals surface area (Å²) >= 11 is 0. The Labute approximate surface area is 202 Å². The number of benzene rings is 2. The highest BCUT2D eigenvalue weighted by Gasteiger charge is 2.20. The minimum absolute atomic E-state index is 0. The molecule has 0 amide bonds. The van der Waals surface area contributed by atoms with Crippen LogP contribution in [0, 0.1) is 25.5 Å². The van der Waals surface area contributed by atoms with E-state index in [2.05, 4.69) is 9.97 Å². The van der Waals surface area contributed by atoms with Crippen molar-refractivity contribution >= 4 is 16.9 Å². The summed E-state index contributed by atoms with van der Waals surface area (Å²) in [5.41, 5.74) is 2.23. The van der Waals surface area contributed by atoms with Gasteiger partial charge in [0.15, 0.2) is 17.1 Å². The molecule has 0 unspecified atom stereocenters. The van der Waals surface area contributed by atoms with E-state index in [1.54, 1.807) is 19.9 Å². The van der Waals surface area contributed by atoms with Gasteiger partial charge in [0.1, 0.15) is 5.75 Å². The number of H-pyrrole nitrogens is 1. The number of aromatic amines is 1. The van der Waals surface area contributed by atoms with Gasteiger partial charge in [-0.2, -0.15) is 0 Å². The Morgan fingerprint density at radius 2 is 1.89 bits per heavy atom. The Balaban J connectivity index is 0.00000361. The van der Waals surface area contributed by atoms with Crippen LogP contribution in [0.15, 0.2) is 53.3 Å². The first kappa shape index (κ1) is 24.1. The number of ether oxygens (including phenoxy) is 2. The van der Waals surface area contributed by atoms with E-state index in [0.29, 0.717) is 28.0 Å². The van der Waals surface area contributed by atoms with Gasteiger partial charge in [0.05, 0.1) is 23.4 Å². The molecule has 8 heteroatoms. The topological polar surface area (TPSA) is 81.3 Å². The summed E-state index contributed by atoms with van der Waals surface area (Å²) in [7, 11) is 0. The number of hydrogen-bond acceptors (Lipinski definition) is 5. The summed E-state index contributed by atoms with van der Waals surface area (Å²) in [5, 5.41) is 0.788. The van der Waals surface area contributed by atoms with Crippen LogP contribution in [0.2, 0.25) is 0 Å². The number of nitrogens with zero attached hydrogens (tertiary/aromatic N) is 1. The van der Waals surface area contributed by atoms with Crippen LogP contribution in [0.5, 0.6) is 11.6 Å². The van der Waals surface area contributed by atoms with Crippen molar-refractivity contribution in [3.8, 4) is 22.9 Å². The number of esters is 1. The van der Waals surface area contributed by atoms with Crippen LogP contribution < -0.4 is 10.2 Å². The van der Waals surface area contributed by atoms with E-state index in [1.807, 2.05) is 24.3 Å². The van der Waals surface area contributed by atoms with Crippen molar-refractivity contribution in [1.82, 2.24) is 9.97 Å². The smallest absolute Gasteiger partial charge is 0.306 e. The predicted octanol–water partition coefficient (Wildman–Crippen LogP) is 6.02. The first-order valence-electron chi connectivity index (χ1n) is 11.2. The first-order valence-corrected chi connectivity index (χ1v) is 11.2. The summed E-state index contributed by atoms with van der Waals surface area (Å²) in [6.07, 6.45) is 0.159. The molecule has 1 N–H and O–H groups in total. The van der Waals surface area contributed by atoms with Gasteiger partial charge in [-0.1, -0.05) is 18.2 Å². The van der Waals surface area contributed by atoms with Crippen LogP contribution in [0.1, 0.15) is 31.6 Å². The lowest BCUT2D eigenvalue weighted by Crippen LogP contribution is -2.15. The minimum atomic E-state index is -1.01. The zero-order chi connectivity index (χ0) is 25.1. The third kappa shape index (κ3) is 5.06. The molecule has 0 aliphatic rings. The Kier molecular flexibility index (Phi) is 6.91. The lowest BCUT2D eigenvalue weighted by atomic mass is 10.00. The molecule has 0 radical (unpaired) electrons. The average molecular weight is 481 g/mol. The third-order valence-electron chi connectivity index (χ3n) is 5.61. The van der Waals surface area contributed by atoms with Crippen molar-refractivity contribution < 1.29 is 24.5 Å². The molecular weight excluding hydrogens is 454 g/mol. The van der Waals surface area contributed by atoms with Crippen molar-refractivity contribution in [3.63, 3.8) is 0 Å². The fraction of sp³-hybridized carbons (Fsp3) is 0.222. The average Bonchev–Trinajstić information content (AvgIpc) is 2.83. The predicted molar refractivity (Wildman–Crippen MR) is 131 cm³/mol. The van der Waals surface area contributed by atoms with Crippen molar-refractivity contribution in [3.05, 3.63) is 87.2 Å². The number of hydrogen-bond donors (Lipinski definition) is 1. The summed E-state index contributed by atoms with van der Waals surface area (Å²) < 4.78 is 38.9. The number of para-hydroxylation sites is 1. The number of halogens is 2. The molecule has 0 fully saturated rings. The maximum absolute atomic E-state index is 14.2. The van der Waals surface area contributed by atoms with Gasteiger partial charge in [-0.25, -0.2) is 13.8 Å². The number of nitrogens with one attached hydrogen (secondary N) is 1. The molecule has 4 aromatic rings. The highest BCUT2D eigenvalue weighted by Crippen LogP contribution is 2.36. The van der Waals surface area contributed by atoms with Crippen LogP contribution in [0.25, 0.3) is 22.2 Å². The second-order valence-electron chi connectivity index (χ2n) is 8.10. The second kappa shape index (κ2) is 10.0. The molecule has 4 rings (SSSR count). The highest BCUT2D eigenvalue weighted by atomic mass is 19.2. The van der Waals surface area contributed by atoms with Crippen LogP contribution >= 0.6 is 0 Å². The summed E-state index contributed by atoms with van der Waals surface area (Å²) in [5.74, 6) is -2.20. The Hall–Kier alpha value is -4.07. The lowest BCUT2D eigenvalue weighted by Gasteiger charge is -2.16. The number of fused-ring (bicyclic) bond motifs is 1. The summed E-state index contributed by atoms with van der Waals surface area (Å²) in [6, 6.07) is 12.9. The SMILES string of the molecule is CCOC(=O)CCc1c(-c2cc3ccccc3nc2Oc2ccc(F)c(F)c2C)[nH]c(C)cc1=O.[HH]. The van der Waals surface area contributed by atoms with E-state index in [0.717, 1.165) is 11.5 Å². The fourth-order valence-electron chi connectivity index (χ4n) is 3.86. The molecule has 0 atom stereocenters. The molecule has 0 aliphatic carbocycles. The second-order valence-corrected chi connectivity index (χ2v) is 8.10. The van der Waals surface area contributed by atoms with E-state index in [4.69, 9.17) is 9.47 Å². The summed E-state index contributed by atoms with van der Waals surface area (Å²) in [6.45, 7) is 5.12. The van der Waals surface area contributed by atoms with Gasteiger partial charge >= 0.3 is 5.97 Å². The van der Waals surface area contributed by atoms with Crippen LogP contribution in [-0.4, -0.2) is 22.5 Å². The van der Waals surface area contributed by atoms with E-state index in [-0.39, 0.29) is 43.5 Å². The van der Waals surface area contributed by atoms with Crippen molar-refractivity contribution in [2.75, 3.05) is 6.61 Å². The number of aromatic nitrogens is 2. The number of carbonyl (C=O) groups excluding carboxylic acids is 1. The number of aryl methyl sites for hydroxylation is 1. The van der Waals surface area contributed by atoms with Gasteiger partial charge in [0, 0.05) is 36.1 Å². The Morgan fingerprint density at radius 1 is 1.11 bits per heavy atom. The molecule has 35 heavy (non-hydrogen) atoms. The quantitative estimate of drug-likeness (QED) is 0.327. The standard InChI is InChI=1S/C27H24F2N2O4.H2/c1-4-34-24(33)12-9-18-22(32)13-15(2)30-26(18)19-14-17-7-5-6-8-21(17)31-27(19)35-23-11-10-20(28)25(29)16(23)3;/h5-8,10-11,13-14H,4,9,12H2,1-3H3,(H,30,32);1H. The van der Waals surface area contributed by atoms with Gasteiger partial charge in [0.25, 0.3) is 0 Å². The molecular formula is C27H26F2N2O4. The van der Waals surface area contributed by atoms with Gasteiger partial charge in [-0.15, -0.1) is 0 Å². The zero-order valence-corrected chi connectivity index (χ0v) is 19.6. The van der Waals surface area contributed by atoms with Gasteiger partial charge in [0.2, 0.25) is 5.88 Å². The molecule has 0 saturated heterocycles. The van der Waals surface area contributed by atoms with Crippen molar-refractivity contribution in [2.45, 2.75) is 33.6 Å². The van der Waals surface area contributed by atoms with Crippen LogP contribution in [0.4, 0.5) is 8.78 Å². The third-order valence-corrected chi connectivity index (χ3v) is 5.61. The molecule has 2 aromatic heterocycles. The molecule has 0 spiro atoms. The number of carbonyl (C=O) groups is 1. The first-order chi connectivity index (χ1) is 16.8. The van der Waals surface area contributed by atoms with E-state index >= 15 is 0 Å². The number of pyridine rings is 2. The van der Waals surface area contributed by atoms with Gasteiger partial charge < -0.3 is 14.5 Å². The van der Waals surface area contributed by atoms with E-state index in [1.165, 1.54) is 19.1 Å². The molecule has 182 valence electrons. The Morgan fingerprint density at radius 3 is 2.66 bits per heavy atom. The molecule has 6 nitrogen and oxygen atoms in total. The Bertz CT molecular complexity index is 1490. The van der Waals surface area contributed by atoms with Crippen molar-refractivity contribution in [1.29, 1.82) is 0 Å². The zero-order valence-electron chi connectivity index (χ0n) is 19.6. The van der Waals surface area contributed by atoms with Crippen LogP contribution in [-0.2, 0) is 16.0 Å². The normalized spacial score (nSPS) is 11.0. The van der Waals surface area contributed by atoms with E-state index < -0.39 is 17.6 Å². The van der Waals surface area contributed by atoms with Crippen LogP contribution in [0.3, 0.4) is 0 Å². The van der Waals surface area contributed by atoms with Gasteiger partial charge in [-0.3, -0.25) is 9.59 Å². The largest absolute Gasteiger partial charge is 0.466 e. The maximum Gasteiger partial charge on any atom is 0.306 e. The van der Waals surface area contributed by atoms with Crippen molar-refractivity contribution in [2.24, 2.45) is 0 Å². The lowest BCUT2D eigenvalue weighted by molar-refractivity contribution is -0.143. The molecule has 0 aliphatic heterocycles. The highest BCUT2D eigenvalue weighted by molar-refractivity contribution is 5.86.